The van der Waals surface area contributed by atoms with Crippen molar-refractivity contribution in [1.29, 1.82) is 0 Å². The van der Waals surface area contributed by atoms with E-state index in [2.05, 4.69) is 22.5 Å². The Labute approximate surface area is 163 Å². The summed E-state index contributed by atoms with van der Waals surface area (Å²) in [6.07, 6.45) is 6.98. The van der Waals surface area contributed by atoms with Crippen LogP contribution in [0.3, 0.4) is 0 Å². The molecule has 1 N–H and O–H groups in total. The number of ether oxygens (including phenoxy) is 1. The maximum Gasteiger partial charge on any atom is 0.264 e. The number of rotatable bonds is 2. The summed E-state index contributed by atoms with van der Waals surface area (Å²) in [6.45, 7) is 3.12. The van der Waals surface area contributed by atoms with Crippen molar-refractivity contribution in [2.24, 2.45) is 0 Å². The van der Waals surface area contributed by atoms with E-state index >= 15 is 0 Å². The zero-order chi connectivity index (χ0) is 18.4. The molecule has 2 aromatic rings. The van der Waals surface area contributed by atoms with Crippen molar-refractivity contribution in [2.45, 2.75) is 18.9 Å². The van der Waals surface area contributed by atoms with Gasteiger partial charge in [-0.1, -0.05) is 23.8 Å². The Hall–Kier alpha value is -2.37. The molecule has 2 aliphatic heterocycles. The lowest BCUT2D eigenvalue weighted by Crippen LogP contribution is -2.50. The molecule has 1 aromatic carbocycles. The first kappa shape index (κ1) is 16.8. The number of nitrogens with one attached hydrogen (secondary N) is 1. The maximum atomic E-state index is 12.9. The molecule has 1 atom stereocenters. The molecule has 0 spiro atoms. The minimum absolute atomic E-state index is 0.0645. The number of pyridine rings is 1. The van der Waals surface area contributed by atoms with Gasteiger partial charge in [0, 0.05) is 66.9 Å². The number of amides is 1. The summed E-state index contributed by atoms with van der Waals surface area (Å²) >= 11 is 6.41. The van der Waals surface area contributed by atoms with Crippen molar-refractivity contribution in [2.75, 3.05) is 26.2 Å². The number of fused-ring (bicyclic) bond motifs is 2. The van der Waals surface area contributed by atoms with Crippen LogP contribution in [0.15, 0.2) is 30.5 Å². The summed E-state index contributed by atoms with van der Waals surface area (Å²) in [5.74, 6) is 0.844. The first-order chi connectivity index (χ1) is 13.2. The molecule has 1 aromatic heterocycles. The number of aromatic nitrogens is 1. The Balaban J connectivity index is 1.51. The van der Waals surface area contributed by atoms with Gasteiger partial charge in [0.25, 0.3) is 5.91 Å². The Morgan fingerprint density at radius 3 is 2.96 bits per heavy atom. The number of halogens is 1. The second-order valence-electron chi connectivity index (χ2n) is 7.15. The summed E-state index contributed by atoms with van der Waals surface area (Å²) in [5, 5.41) is 3.94. The van der Waals surface area contributed by atoms with Gasteiger partial charge in [0.1, 0.15) is 5.75 Å². The van der Waals surface area contributed by atoms with Gasteiger partial charge in [-0.05, 0) is 23.8 Å². The van der Waals surface area contributed by atoms with Crippen LogP contribution in [0.25, 0.3) is 17.2 Å². The second-order valence-corrected chi connectivity index (χ2v) is 7.59. The topological polar surface area (TPSA) is 54.5 Å². The van der Waals surface area contributed by atoms with Gasteiger partial charge in [-0.25, -0.2) is 0 Å². The number of allylic oxidation sites excluding steroid dienone is 1. The number of hydrogen-bond donors (Lipinski definition) is 1. The SMILES string of the molecule is O=C(C1Cc2cc(Cl)cc(-c3ccnc4c3C=CC4)c2O1)N1CCNCC1. The third kappa shape index (κ3) is 2.91. The largest absolute Gasteiger partial charge is 0.479 e. The standard InChI is InChI=1S/C21H20ClN3O2/c22-14-10-13-11-19(21(26)25-8-6-23-7-9-25)27-20(13)17(12-14)15-4-5-24-18-3-1-2-16(15)18/h1-2,4-5,10,12,19,23H,3,6-9,11H2. The van der Waals surface area contributed by atoms with Crippen LogP contribution >= 0.6 is 11.6 Å². The molecule has 1 unspecified atom stereocenters. The van der Waals surface area contributed by atoms with Gasteiger partial charge in [0.15, 0.2) is 6.10 Å². The third-order valence-corrected chi connectivity index (χ3v) is 5.68. The average Bonchev–Trinajstić information content (AvgIpc) is 3.34. The zero-order valence-electron chi connectivity index (χ0n) is 14.9. The fourth-order valence-corrected chi connectivity index (χ4v) is 4.38. The van der Waals surface area contributed by atoms with Gasteiger partial charge < -0.3 is 15.0 Å². The van der Waals surface area contributed by atoms with Crippen LogP contribution in [0.5, 0.6) is 5.75 Å². The van der Waals surface area contributed by atoms with Crippen molar-refractivity contribution < 1.29 is 9.53 Å². The van der Waals surface area contributed by atoms with E-state index in [1.165, 1.54) is 0 Å². The van der Waals surface area contributed by atoms with Gasteiger partial charge in [-0.2, -0.15) is 0 Å². The minimum Gasteiger partial charge on any atom is -0.479 e. The number of nitrogens with zero attached hydrogens (tertiary/aromatic N) is 2. The normalized spacial score (nSPS) is 20.3. The molecule has 5 nitrogen and oxygen atoms in total. The smallest absolute Gasteiger partial charge is 0.264 e. The van der Waals surface area contributed by atoms with Gasteiger partial charge in [0.05, 0.1) is 5.69 Å². The molecular weight excluding hydrogens is 362 g/mol. The first-order valence-corrected chi connectivity index (χ1v) is 9.72. The van der Waals surface area contributed by atoms with Gasteiger partial charge in [0.2, 0.25) is 0 Å². The van der Waals surface area contributed by atoms with Crippen LogP contribution in [0.1, 0.15) is 16.8 Å². The number of hydrogen-bond acceptors (Lipinski definition) is 4. The molecule has 1 aliphatic carbocycles. The van der Waals surface area contributed by atoms with E-state index in [1.807, 2.05) is 29.3 Å². The van der Waals surface area contributed by atoms with Crippen molar-refractivity contribution in [3.05, 3.63) is 52.3 Å². The first-order valence-electron chi connectivity index (χ1n) is 9.34. The number of carbonyl (C=O) groups is 1. The van der Waals surface area contributed by atoms with E-state index in [0.717, 1.165) is 66.3 Å². The lowest BCUT2D eigenvalue weighted by atomic mass is 9.97. The molecule has 6 heteroatoms. The molecule has 3 aliphatic rings. The molecule has 1 amide bonds. The summed E-state index contributed by atoms with van der Waals surface area (Å²) in [6, 6.07) is 5.85. The lowest BCUT2D eigenvalue weighted by Gasteiger charge is -2.29. The predicted molar refractivity (Wildman–Crippen MR) is 105 cm³/mol. The van der Waals surface area contributed by atoms with E-state index in [0.29, 0.717) is 11.4 Å². The number of carbonyl (C=O) groups excluding carboxylic acids is 1. The van der Waals surface area contributed by atoms with Crippen LogP contribution in [0.2, 0.25) is 5.02 Å². The summed E-state index contributed by atoms with van der Waals surface area (Å²) in [4.78, 5) is 19.3. The average molecular weight is 382 g/mol. The van der Waals surface area contributed by atoms with Gasteiger partial charge >= 0.3 is 0 Å². The highest BCUT2D eigenvalue weighted by molar-refractivity contribution is 6.31. The van der Waals surface area contributed by atoms with E-state index in [-0.39, 0.29) is 5.91 Å². The molecule has 3 heterocycles. The highest BCUT2D eigenvalue weighted by Gasteiger charge is 2.35. The van der Waals surface area contributed by atoms with E-state index in [4.69, 9.17) is 16.3 Å². The van der Waals surface area contributed by atoms with Crippen LogP contribution < -0.4 is 10.1 Å². The molecule has 0 saturated carbocycles. The Bertz CT molecular complexity index is 951. The Morgan fingerprint density at radius 2 is 2.11 bits per heavy atom. The fourth-order valence-electron chi connectivity index (χ4n) is 4.14. The summed E-state index contributed by atoms with van der Waals surface area (Å²) in [7, 11) is 0. The van der Waals surface area contributed by atoms with Crippen molar-refractivity contribution >= 4 is 23.6 Å². The van der Waals surface area contributed by atoms with E-state index < -0.39 is 6.10 Å². The van der Waals surface area contributed by atoms with Crippen molar-refractivity contribution in [1.82, 2.24) is 15.2 Å². The van der Waals surface area contributed by atoms with Gasteiger partial charge in [-0.3, -0.25) is 9.78 Å². The van der Waals surface area contributed by atoms with Crippen LogP contribution in [0.4, 0.5) is 0 Å². The Kier molecular flexibility index (Phi) is 4.14. The zero-order valence-corrected chi connectivity index (χ0v) is 15.6. The lowest BCUT2D eigenvalue weighted by molar-refractivity contribution is -0.138. The quantitative estimate of drug-likeness (QED) is 0.869. The van der Waals surface area contributed by atoms with Gasteiger partial charge in [-0.15, -0.1) is 0 Å². The molecule has 27 heavy (non-hydrogen) atoms. The monoisotopic (exact) mass is 381 g/mol. The molecule has 0 bridgehead atoms. The minimum atomic E-state index is -0.472. The molecule has 1 saturated heterocycles. The predicted octanol–water partition coefficient (Wildman–Crippen LogP) is 2.71. The van der Waals surface area contributed by atoms with Crippen LogP contribution in [0, 0.1) is 0 Å². The fraction of sp³-hybridized carbons (Fsp3) is 0.333. The molecule has 1 fully saturated rings. The van der Waals surface area contributed by atoms with E-state index in [1.54, 1.807) is 0 Å². The van der Waals surface area contributed by atoms with Crippen LogP contribution in [-0.2, 0) is 17.6 Å². The molecule has 138 valence electrons. The third-order valence-electron chi connectivity index (χ3n) is 5.46. The summed E-state index contributed by atoms with van der Waals surface area (Å²) < 4.78 is 6.21. The summed E-state index contributed by atoms with van der Waals surface area (Å²) in [5.41, 5.74) is 5.18. The number of piperazine rings is 1. The molecular formula is C21H20ClN3O2. The van der Waals surface area contributed by atoms with E-state index in [9.17, 15) is 4.79 Å². The highest BCUT2D eigenvalue weighted by atomic mass is 35.5. The van der Waals surface area contributed by atoms with Crippen LogP contribution in [-0.4, -0.2) is 48.1 Å². The Morgan fingerprint density at radius 1 is 1.26 bits per heavy atom. The second kappa shape index (κ2) is 6.66. The maximum absolute atomic E-state index is 12.9. The number of benzene rings is 1. The molecule has 5 rings (SSSR count). The van der Waals surface area contributed by atoms with Crippen molar-refractivity contribution in [3.8, 4) is 16.9 Å². The highest BCUT2D eigenvalue weighted by Crippen LogP contribution is 2.43. The van der Waals surface area contributed by atoms with Crippen molar-refractivity contribution in [3.63, 3.8) is 0 Å². The molecule has 0 radical (unpaired) electrons.